The lowest BCUT2D eigenvalue weighted by molar-refractivity contribution is 0.0222. The van der Waals surface area contributed by atoms with Gasteiger partial charge in [-0.2, -0.15) is 5.26 Å². The molecule has 5 rings (SSSR count). The highest BCUT2D eigenvalue weighted by molar-refractivity contribution is 6.02. The van der Waals surface area contributed by atoms with E-state index < -0.39 is 11.4 Å². The number of hydrogen-bond acceptors (Lipinski definition) is 7. The number of nitrogens with zero attached hydrogens (tertiary/aromatic N) is 4. The maximum atomic E-state index is 14.7. The zero-order valence-electron chi connectivity index (χ0n) is 27.0. The van der Waals surface area contributed by atoms with E-state index in [9.17, 15) is 18.8 Å². The molecule has 8 nitrogen and oxygen atoms in total. The molecule has 46 heavy (non-hydrogen) atoms. The van der Waals surface area contributed by atoms with E-state index in [4.69, 9.17) is 19.2 Å². The van der Waals surface area contributed by atoms with Gasteiger partial charge in [-0.25, -0.2) is 13.6 Å². The van der Waals surface area contributed by atoms with Crippen molar-refractivity contribution in [1.29, 1.82) is 5.26 Å². The molecule has 3 aromatic carbocycles. The summed E-state index contributed by atoms with van der Waals surface area (Å²) >= 11 is 0. The number of carbonyl (C=O) groups excluding carboxylic acids is 1. The molecule has 0 N–H and O–H groups in total. The predicted molar refractivity (Wildman–Crippen MR) is 174 cm³/mol. The van der Waals surface area contributed by atoms with Crippen LogP contribution in [0.5, 0.6) is 5.75 Å². The number of halogens is 2. The fourth-order valence-electron chi connectivity index (χ4n) is 5.79. The van der Waals surface area contributed by atoms with Crippen molar-refractivity contribution in [3.63, 3.8) is 0 Å². The van der Waals surface area contributed by atoms with Crippen molar-refractivity contribution >= 4 is 22.7 Å². The number of benzene rings is 3. The third kappa shape index (κ3) is 7.05. The number of methoxy groups -OCH3 is 1. The molecule has 0 atom stereocenters. The van der Waals surface area contributed by atoms with E-state index in [1.807, 2.05) is 58.9 Å². The van der Waals surface area contributed by atoms with Crippen LogP contribution >= 0.6 is 0 Å². The zero-order chi connectivity index (χ0) is 33.2. The Labute approximate surface area is 268 Å². The lowest BCUT2D eigenvalue weighted by Gasteiger charge is -2.44. The molecule has 0 radical (unpaired) electrons. The molecule has 1 aliphatic rings. The van der Waals surface area contributed by atoms with Crippen LogP contribution in [-0.4, -0.2) is 61.7 Å². The maximum Gasteiger partial charge on any atom is 0.410 e. The number of nitriles is 1. The van der Waals surface area contributed by atoms with Crippen molar-refractivity contribution < 1.29 is 27.8 Å². The van der Waals surface area contributed by atoms with Gasteiger partial charge in [-0.3, -0.25) is 4.98 Å². The largest absolute Gasteiger partial charge is 0.466 e. The molecule has 0 unspecified atom stereocenters. The lowest BCUT2D eigenvalue weighted by atomic mass is 9.92. The monoisotopic (exact) mass is 628 g/mol. The molecule has 0 aliphatic carbocycles. The van der Waals surface area contributed by atoms with Crippen LogP contribution in [0, 0.1) is 35.8 Å². The number of fused-ring (bicyclic) bond motifs is 1. The summed E-state index contributed by atoms with van der Waals surface area (Å²) in [5, 5.41) is 10.5. The molecular formula is C36H38F2N4O4. The van der Waals surface area contributed by atoms with E-state index in [-0.39, 0.29) is 35.9 Å². The summed E-state index contributed by atoms with van der Waals surface area (Å²) in [6.07, 6.45) is 1.41. The summed E-state index contributed by atoms with van der Waals surface area (Å²) in [5.74, 6) is -0.537. The van der Waals surface area contributed by atoms with E-state index >= 15 is 0 Å². The molecule has 0 saturated carbocycles. The van der Waals surface area contributed by atoms with Crippen LogP contribution in [0.4, 0.5) is 19.3 Å². The van der Waals surface area contributed by atoms with Gasteiger partial charge in [0, 0.05) is 61.9 Å². The Hall–Kier alpha value is -4.75. The van der Waals surface area contributed by atoms with Gasteiger partial charge in [0.25, 0.3) is 0 Å². The Bertz CT molecular complexity index is 1790. The van der Waals surface area contributed by atoms with Crippen molar-refractivity contribution in [3.8, 4) is 34.1 Å². The van der Waals surface area contributed by atoms with Crippen molar-refractivity contribution in [3.05, 3.63) is 77.5 Å². The highest BCUT2D eigenvalue weighted by Gasteiger charge is 2.33. The molecule has 2 heterocycles. The van der Waals surface area contributed by atoms with Crippen LogP contribution in [0.15, 0.2) is 54.7 Å². The fourth-order valence-corrected chi connectivity index (χ4v) is 5.79. The van der Waals surface area contributed by atoms with Gasteiger partial charge in [-0.1, -0.05) is 12.1 Å². The molecule has 10 heteroatoms. The summed E-state index contributed by atoms with van der Waals surface area (Å²) in [6, 6.07) is 14.9. The first-order chi connectivity index (χ1) is 21.9. The van der Waals surface area contributed by atoms with Crippen LogP contribution in [-0.2, 0) is 9.47 Å². The van der Waals surface area contributed by atoms with Crippen LogP contribution in [0.1, 0.15) is 38.8 Å². The number of pyridine rings is 1. The first-order valence-corrected chi connectivity index (χ1v) is 15.2. The van der Waals surface area contributed by atoms with Crippen LogP contribution in [0.25, 0.3) is 33.2 Å². The molecule has 240 valence electrons. The van der Waals surface area contributed by atoms with E-state index in [1.165, 1.54) is 25.3 Å². The molecule has 4 aromatic rings. The number of aromatic nitrogens is 1. The minimum absolute atomic E-state index is 0.0468. The van der Waals surface area contributed by atoms with Gasteiger partial charge in [-0.15, -0.1) is 0 Å². The van der Waals surface area contributed by atoms with Crippen molar-refractivity contribution in [1.82, 2.24) is 9.88 Å². The highest BCUT2D eigenvalue weighted by atomic mass is 19.1. The van der Waals surface area contributed by atoms with Crippen molar-refractivity contribution in [2.24, 2.45) is 5.92 Å². The average molecular weight is 629 g/mol. The number of carbonyl (C=O) groups is 1. The first-order valence-electron chi connectivity index (χ1n) is 15.2. The molecule has 1 saturated heterocycles. The Morgan fingerprint density at radius 2 is 1.80 bits per heavy atom. The minimum atomic E-state index is -0.591. The zero-order valence-corrected chi connectivity index (χ0v) is 27.0. The molecule has 1 aliphatic heterocycles. The van der Waals surface area contributed by atoms with Gasteiger partial charge in [0.05, 0.1) is 16.8 Å². The van der Waals surface area contributed by atoms with Gasteiger partial charge in [-0.05, 0) is 87.7 Å². The Morgan fingerprint density at radius 1 is 1.07 bits per heavy atom. The van der Waals surface area contributed by atoms with Crippen LogP contribution in [0.3, 0.4) is 0 Å². The minimum Gasteiger partial charge on any atom is -0.466 e. The van der Waals surface area contributed by atoms with Gasteiger partial charge in [0.1, 0.15) is 29.1 Å². The van der Waals surface area contributed by atoms with E-state index in [1.54, 1.807) is 17.2 Å². The second-order valence-electron chi connectivity index (χ2n) is 12.6. The van der Waals surface area contributed by atoms with Gasteiger partial charge in [0.15, 0.2) is 6.79 Å². The van der Waals surface area contributed by atoms with Crippen molar-refractivity contribution in [2.45, 2.75) is 40.2 Å². The third-order valence-corrected chi connectivity index (χ3v) is 7.78. The van der Waals surface area contributed by atoms with Gasteiger partial charge < -0.3 is 24.0 Å². The molecule has 1 aromatic heterocycles. The number of anilines is 1. The molecule has 0 bridgehead atoms. The summed E-state index contributed by atoms with van der Waals surface area (Å²) in [5.41, 5.74) is 4.21. The fraction of sp³-hybridized carbons (Fsp3) is 0.361. The van der Waals surface area contributed by atoms with Gasteiger partial charge >= 0.3 is 6.09 Å². The third-order valence-electron chi connectivity index (χ3n) is 7.78. The maximum absolute atomic E-state index is 14.7. The summed E-state index contributed by atoms with van der Waals surface area (Å²) in [6.45, 7) is 11.5. The van der Waals surface area contributed by atoms with E-state index in [2.05, 4.69) is 4.90 Å². The summed E-state index contributed by atoms with van der Waals surface area (Å²) < 4.78 is 45.8. The number of rotatable bonds is 9. The lowest BCUT2D eigenvalue weighted by Crippen LogP contribution is -2.53. The van der Waals surface area contributed by atoms with Crippen LogP contribution < -0.4 is 9.64 Å². The number of aryl methyl sites for hydroxylation is 1. The second kappa shape index (κ2) is 13.3. The Balaban J connectivity index is 1.59. The number of ether oxygens (including phenoxy) is 3. The first kappa shape index (κ1) is 32.6. The highest BCUT2D eigenvalue weighted by Crippen LogP contribution is 2.43. The topological polar surface area (TPSA) is 87.9 Å². The molecule has 0 spiro atoms. The summed E-state index contributed by atoms with van der Waals surface area (Å²) in [4.78, 5) is 21.4. The Morgan fingerprint density at radius 3 is 2.46 bits per heavy atom. The van der Waals surface area contributed by atoms with E-state index in [0.29, 0.717) is 48.4 Å². The van der Waals surface area contributed by atoms with Crippen LogP contribution in [0.2, 0.25) is 0 Å². The Kier molecular flexibility index (Phi) is 9.44. The summed E-state index contributed by atoms with van der Waals surface area (Å²) in [7, 11) is 1.46. The molecule has 1 amide bonds. The predicted octanol–water partition coefficient (Wildman–Crippen LogP) is 7.70. The van der Waals surface area contributed by atoms with Crippen molar-refractivity contribution in [2.75, 3.05) is 45.0 Å². The SMILES string of the molecule is CCN(CC1CN(c2c(-c3cc(C)cc(F)c3)cnc3ccc(-c4cc(F)cc(C#N)c4OCOC)cc23)C1)C(=O)OC(C)(C)C. The standard InChI is InChI=1S/C36H38F2N4O4/c1-7-41(35(43)46-36(3,4)5)18-23-19-42(20-23)33-30-14-24(29-15-28(38)13-26(16-39)34(29)45-21-44-6)8-9-32(30)40-17-31(33)25-10-22(2)11-27(37)12-25/h8-15,17,23H,7,18-21H2,1-6H3. The van der Waals surface area contributed by atoms with E-state index in [0.717, 1.165) is 28.3 Å². The molecular weight excluding hydrogens is 590 g/mol. The average Bonchev–Trinajstić information content (AvgIpc) is 2.97. The van der Waals surface area contributed by atoms with Gasteiger partial charge in [0.2, 0.25) is 0 Å². The second-order valence-corrected chi connectivity index (χ2v) is 12.6. The smallest absolute Gasteiger partial charge is 0.410 e. The number of hydrogen-bond donors (Lipinski definition) is 0. The quantitative estimate of drug-likeness (QED) is 0.176. The molecule has 1 fully saturated rings. The normalized spacial score (nSPS) is 13.3. The number of amides is 1.